The number of piperidine rings is 1. The van der Waals surface area contributed by atoms with Crippen molar-refractivity contribution in [3.63, 3.8) is 0 Å². The topological polar surface area (TPSA) is 68.5 Å². The van der Waals surface area contributed by atoms with Crippen molar-refractivity contribution in [2.45, 2.75) is 31.1 Å². The van der Waals surface area contributed by atoms with Crippen LogP contribution < -0.4 is 0 Å². The molecule has 2 fully saturated rings. The Kier molecular flexibility index (Phi) is 4.72. The van der Waals surface area contributed by atoms with Crippen molar-refractivity contribution in [1.29, 1.82) is 0 Å². The molecule has 1 atom stereocenters. The van der Waals surface area contributed by atoms with Crippen LogP contribution in [0.1, 0.15) is 53.2 Å². The lowest BCUT2D eigenvalue weighted by Gasteiger charge is -2.30. The van der Waals surface area contributed by atoms with Gasteiger partial charge in [-0.1, -0.05) is 28.9 Å². The summed E-state index contributed by atoms with van der Waals surface area (Å²) in [7, 11) is 0. The zero-order chi connectivity index (χ0) is 17.2. The largest absolute Gasteiger partial charge is 0.381 e. The Balaban J connectivity index is 1.38. The first-order valence-electron chi connectivity index (χ1n) is 8.67. The third-order valence-electron chi connectivity index (χ3n) is 4.99. The van der Waals surface area contributed by atoms with Gasteiger partial charge in [-0.3, -0.25) is 4.79 Å². The molecule has 1 aromatic heterocycles. The van der Waals surface area contributed by atoms with Crippen LogP contribution in [-0.2, 0) is 4.74 Å². The molecule has 0 saturated carbocycles. The second kappa shape index (κ2) is 7.14. The number of rotatable bonds is 3. The van der Waals surface area contributed by atoms with Crippen LogP contribution in [0.3, 0.4) is 0 Å². The quantitative estimate of drug-likeness (QED) is 0.839. The number of carbonyl (C=O) groups excluding carboxylic acids is 1. The zero-order valence-corrected chi connectivity index (χ0v) is 14.6. The normalized spacial score (nSPS) is 21.6. The van der Waals surface area contributed by atoms with E-state index in [0.29, 0.717) is 36.2 Å². The van der Waals surface area contributed by atoms with Crippen molar-refractivity contribution in [1.82, 2.24) is 15.0 Å². The van der Waals surface area contributed by atoms with Crippen molar-refractivity contribution >= 4 is 17.5 Å². The van der Waals surface area contributed by atoms with Gasteiger partial charge in [0.15, 0.2) is 5.82 Å². The number of carbonyl (C=O) groups is 1. The van der Waals surface area contributed by atoms with Crippen molar-refractivity contribution in [3.8, 4) is 0 Å². The maximum Gasteiger partial charge on any atom is 0.255 e. The second-order valence-electron chi connectivity index (χ2n) is 6.60. The summed E-state index contributed by atoms with van der Waals surface area (Å²) in [4.78, 5) is 19.0. The third kappa shape index (κ3) is 3.41. The summed E-state index contributed by atoms with van der Waals surface area (Å²) in [5.74, 6) is 1.88. The molecule has 6 nitrogen and oxygen atoms in total. The molecule has 4 rings (SSSR count). The zero-order valence-electron chi connectivity index (χ0n) is 13.9. The molecule has 2 aromatic rings. The number of ether oxygens (including phenoxy) is 1. The first-order chi connectivity index (χ1) is 12.2. The standard InChI is InChI=1S/C18H20ClN3O3/c19-15-4-2-1-3-14(15)18(23)22-8-5-12(6-9-22)17-20-16(21-25-17)13-7-10-24-11-13/h1-4,12-13H,5-11H2. The molecule has 1 unspecified atom stereocenters. The van der Waals surface area contributed by atoms with E-state index in [1.54, 1.807) is 12.1 Å². The van der Waals surface area contributed by atoms with Gasteiger partial charge in [0.2, 0.25) is 5.89 Å². The summed E-state index contributed by atoms with van der Waals surface area (Å²) < 4.78 is 10.9. The van der Waals surface area contributed by atoms with Crippen LogP contribution in [0.5, 0.6) is 0 Å². The molecule has 2 aliphatic rings. The molecule has 132 valence electrons. The van der Waals surface area contributed by atoms with Crippen LogP contribution in [-0.4, -0.2) is 47.3 Å². The van der Waals surface area contributed by atoms with Gasteiger partial charge in [-0.05, 0) is 31.4 Å². The summed E-state index contributed by atoms with van der Waals surface area (Å²) in [5.41, 5.74) is 0.559. The lowest BCUT2D eigenvalue weighted by atomic mass is 9.96. The smallest absolute Gasteiger partial charge is 0.255 e. The van der Waals surface area contributed by atoms with Crippen molar-refractivity contribution in [3.05, 3.63) is 46.6 Å². The average Bonchev–Trinajstić information content (AvgIpc) is 3.33. The van der Waals surface area contributed by atoms with E-state index in [9.17, 15) is 4.79 Å². The SMILES string of the molecule is O=C(c1ccccc1Cl)N1CCC(c2nc(C3CCOC3)no2)CC1. The van der Waals surface area contributed by atoms with E-state index in [1.807, 2.05) is 17.0 Å². The summed E-state index contributed by atoms with van der Waals surface area (Å²) >= 11 is 6.14. The molecule has 3 heterocycles. The van der Waals surface area contributed by atoms with Crippen molar-refractivity contribution in [2.75, 3.05) is 26.3 Å². The Hall–Kier alpha value is -1.92. The van der Waals surface area contributed by atoms with Crippen LogP contribution in [0, 0.1) is 0 Å². The van der Waals surface area contributed by atoms with Crippen LogP contribution in [0.4, 0.5) is 0 Å². The molecular weight excluding hydrogens is 342 g/mol. The molecule has 1 aromatic carbocycles. The highest BCUT2D eigenvalue weighted by Crippen LogP contribution is 2.30. The Labute approximate surface area is 151 Å². The molecule has 0 aliphatic carbocycles. The van der Waals surface area contributed by atoms with Gasteiger partial charge in [0.05, 0.1) is 17.2 Å². The maximum absolute atomic E-state index is 12.6. The van der Waals surface area contributed by atoms with Crippen molar-refractivity contribution in [2.24, 2.45) is 0 Å². The molecule has 2 aliphatic heterocycles. The Morgan fingerprint density at radius 2 is 1.96 bits per heavy atom. The van der Waals surface area contributed by atoms with Gasteiger partial charge in [-0.25, -0.2) is 0 Å². The van der Waals surface area contributed by atoms with Gasteiger partial charge in [0, 0.05) is 31.5 Å². The highest BCUT2D eigenvalue weighted by molar-refractivity contribution is 6.33. The fourth-order valence-corrected chi connectivity index (χ4v) is 3.67. The fraction of sp³-hybridized carbons (Fsp3) is 0.500. The van der Waals surface area contributed by atoms with Gasteiger partial charge < -0.3 is 14.2 Å². The molecule has 0 radical (unpaired) electrons. The molecule has 0 spiro atoms. The number of benzene rings is 1. The van der Waals surface area contributed by atoms with E-state index in [4.69, 9.17) is 20.9 Å². The predicted octanol–water partition coefficient (Wildman–Crippen LogP) is 3.25. The Morgan fingerprint density at radius 3 is 2.68 bits per heavy atom. The lowest BCUT2D eigenvalue weighted by molar-refractivity contribution is 0.0704. The number of halogens is 1. The van der Waals surface area contributed by atoms with Crippen LogP contribution in [0.25, 0.3) is 0 Å². The van der Waals surface area contributed by atoms with Crippen molar-refractivity contribution < 1.29 is 14.1 Å². The predicted molar refractivity (Wildman–Crippen MR) is 91.8 cm³/mol. The number of nitrogens with zero attached hydrogens (tertiary/aromatic N) is 3. The molecule has 2 saturated heterocycles. The minimum Gasteiger partial charge on any atom is -0.381 e. The second-order valence-corrected chi connectivity index (χ2v) is 7.00. The monoisotopic (exact) mass is 361 g/mol. The van der Waals surface area contributed by atoms with Gasteiger partial charge in [0.1, 0.15) is 0 Å². The summed E-state index contributed by atoms with van der Waals surface area (Å²) in [6.45, 7) is 2.76. The molecule has 7 heteroatoms. The molecule has 1 amide bonds. The third-order valence-corrected chi connectivity index (χ3v) is 5.32. The minimum atomic E-state index is -0.0154. The molecular formula is C18H20ClN3O3. The van der Waals surface area contributed by atoms with E-state index in [2.05, 4.69) is 10.1 Å². The molecule has 0 N–H and O–H groups in total. The van der Waals surface area contributed by atoms with Gasteiger partial charge in [0.25, 0.3) is 5.91 Å². The minimum absolute atomic E-state index is 0.0154. The lowest BCUT2D eigenvalue weighted by Crippen LogP contribution is -2.38. The molecule has 0 bridgehead atoms. The van der Waals surface area contributed by atoms with E-state index in [1.165, 1.54) is 0 Å². The molecule has 25 heavy (non-hydrogen) atoms. The first-order valence-corrected chi connectivity index (χ1v) is 9.05. The average molecular weight is 362 g/mol. The maximum atomic E-state index is 12.6. The fourth-order valence-electron chi connectivity index (χ4n) is 3.45. The number of hydrogen-bond donors (Lipinski definition) is 0. The van der Waals surface area contributed by atoms with E-state index in [0.717, 1.165) is 31.7 Å². The van der Waals surface area contributed by atoms with Gasteiger partial charge >= 0.3 is 0 Å². The van der Waals surface area contributed by atoms with Crippen LogP contribution >= 0.6 is 11.6 Å². The summed E-state index contributed by atoms with van der Waals surface area (Å²) in [5, 5.41) is 4.62. The summed E-state index contributed by atoms with van der Waals surface area (Å²) in [6.07, 6.45) is 2.59. The highest BCUT2D eigenvalue weighted by atomic mass is 35.5. The van der Waals surface area contributed by atoms with E-state index in [-0.39, 0.29) is 17.7 Å². The number of likely N-dealkylation sites (tertiary alicyclic amines) is 1. The summed E-state index contributed by atoms with van der Waals surface area (Å²) in [6, 6.07) is 7.17. The van der Waals surface area contributed by atoms with E-state index < -0.39 is 0 Å². The van der Waals surface area contributed by atoms with Gasteiger partial charge in [-0.2, -0.15) is 4.98 Å². The Morgan fingerprint density at radius 1 is 1.16 bits per heavy atom. The number of aromatic nitrogens is 2. The Bertz CT molecular complexity index is 750. The number of amides is 1. The van der Waals surface area contributed by atoms with Gasteiger partial charge in [-0.15, -0.1) is 0 Å². The first kappa shape index (κ1) is 16.5. The van der Waals surface area contributed by atoms with Crippen LogP contribution in [0.15, 0.2) is 28.8 Å². The van der Waals surface area contributed by atoms with E-state index >= 15 is 0 Å². The van der Waals surface area contributed by atoms with Crippen LogP contribution in [0.2, 0.25) is 5.02 Å². The number of hydrogen-bond acceptors (Lipinski definition) is 5. The highest BCUT2D eigenvalue weighted by Gasteiger charge is 2.30.